The lowest BCUT2D eigenvalue weighted by atomic mass is 9.95. The number of thiophene rings is 1. The van der Waals surface area contributed by atoms with Gasteiger partial charge in [0.25, 0.3) is 0 Å². The molecule has 2 aromatic carbocycles. The Kier molecular flexibility index (Phi) is 1.65. The van der Waals surface area contributed by atoms with E-state index < -0.39 is 0 Å². The SMILES string of the molecule is [B]c1ccc2c(c1)sc1ccccc12. The molecule has 64 valence electrons. The first-order valence-electron chi connectivity index (χ1n) is 4.51. The summed E-state index contributed by atoms with van der Waals surface area (Å²) in [4.78, 5) is 0. The van der Waals surface area contributed by atoms with Gasteiger partial charge in [0.15, 0.2) is 0 Å². The molecule has 0 aliphatic carbocycles. The van der Waals surface area contributed by atoms with Crippen LogP contribution in [0, 0.1) is 0 Å². The Labute approximate surface area is 87.6 Å². The summed E-state index contributed by atoms with van der Waals surface area (Å²) in [7, 11) is 5.75. The standard InChI is InChI=1S/C12H7BS/c13-8-5-6-10-9-3-1-2-4-11(9)14-12(10)7-8/h1-7H. The second kappa shape index (κ2) is 2.86. The number of rotatable bonds is 0. The van der Waals surface area contributed by atoms with Gasteiger partial charge in [-0.3, -0.25) is 0 Å². The van der Waals surface area contributed by atoms with Gasteiger partial charge in [-0.25, -0.2) is 0 Å². The molecule has 2 radical (unpaired) electrons. The van der Waals surface area contributed by atoms with E-state index in [1.54, 1.807) is 11.3 Å². The molecule has 3 rings (SSSR count). The van der Waals surface area contributed by atoms with E-state index in [0.29, 0.717) is 0 Å². The van der Waals surface area contributed by atoms with Crippen molar-refractivity contribution in [2.45, 2.75) is 0 Å². The molecular formula is C12H7BS. The van der Waals surface area contributed by atoms with E-state index in [2.05, 4.69) is 30.3 Å². The number of hydrogen-bond donors (Lipinski definition) is 0. The molecular weight excluding hydrogens is 187 g/mol. The zero-order valence-corrected chi connectivity index (χ0v) is 8.34. The lowest BCUT2D eigenvalue weighted by Gasteiger charge is -1.92. The molecule has 0 amide bonds. The fraction of sp³-hybridized carbons (Fsp3) is 0. The van der Waals surface area contributed by atoms with Crippen LogP contribution in [-0.2, 0) is 0 Å². The molecule has 0 fully saturated rings. The molecule has 2 heteroatoms. The van der Waals surface area contributed by atoms with Gasteiger partial charge < -0.3 is 0 Å². The van der Waals surface area contributed by atoms with Crippen molar-refractivity contribution in [3.8, 4) is 0 Å². The molecule has 0 spiro atoms. The summed E-state index contributed by atoms with van der Waals surface area (Å²) in [6, 6.07) is 14.6. The van der Waals surface area contributed by atoms with E-state index in [4.69, 9.17) is 7.85 Å². The van der Waals surface area contributed by atoms with Crippen LogP contribution in [0.15, 0.2) is 42.5 Å². The Morgan fingerprint density at radius 3 is 2.57 bits per heavy atom. The van der Waals surface area contributed by atoms with Crippen LogP contribution in [0.4, 0.5) is 0 Å². The van der Waals surface area contributed by atoms with Crippen molar-refractivity contribution in [1.82, 2.24) is 0 Å². The Balaban J connectivity index is 2.57. The number of benzene rings is 2. The number of hydrogen-bond acceptors (Lipinski definition) is 1. The van der Waals surface area contributed by atoms with Crippen LogP contribution in [-0.4, -0.2) is 7.85 Å². The fourth-order valence-electron chi connectivity index (χ4n) is 1.74. The first kappa shape index (κ1) is 8.07. The Bertz CT molecular complexity index is 610. The Morgan fingerprint density at radius 1 is 0.857 bits per heavy atom. The van der Waals surface area contributed by atoms with Crippen LogP contribution in [0.1, 0.15) is 0 Å². The summed E-state index contributed by atoms with van der Waals surface area (Å²) in [5, 5.41) is 2.63. The van der Waals surface area contributed by atoms with Gasteiger partial charge in [0.2, 0.25) is 0 Å². The van der Waals surface area contributed by atoms with Crippen molar-refractivity contribution in [3.05, 3.63) is 42.5 Å². The van der Waals surface area contributed by atoms with Crippen molar-refractivity contribution >= 4 is 44.8 Å². The van der Waals surface area contributed by atoms with Crippen molar-refractivity contribution in [2.75, 3.05) is 0 Å². The van der Waals surface area contributed by atoms with Crippen molar-refractivity contribution < 1.29 is 0 Å². The molecule has 0 saturated heterocycles. The third kappa shape index (κ3) is 1.07. The van der Waals surface area contributed by atoms with Crippen LogP contribution in [0.5, 0.6) is 0 Å². The van der Waals surface area contributed by atoms with Crippen LogP contribution >= 0.6 is 11.3 Å². The van der Waals surface area contributed by atoms with Gasteiger partial charge in [0.05, 0.1) is 0 Å². The normalized spacial score (nSPS) is 11.1. The first-order chi connectivity index (χ1) is 6.84. The molecule has 0 atom stereocenters. The monoisotopic (exact) mass is 194 g/mol. The van der Waals surface area contributed by atoms with Crippen LogP contribution in [0.2, 0.25) is 0 Å². The Hall–Kier alpha value is -1.28. The lowest BCUT2D eigenvalue weighted by Crippen LogP contribution is -1.98. The van der Waals surface area contributed by atoms with Gasteiger partial charge in [0, 0.05) is 20.2 Å². The van der Waals surface area contributed by atoms with Gasteiger partial charge in [-0.2, -0.15) is 0 Å². The predicted molar refractivity (Wildman–Crippen MR) is 64.7 cm³/mol. The molecule has 0 N–H and O–H groups in total. The van der Waals surface area contributed by atoms with E-state index in [9.17, 15) is 0 Å². The van der Waals surface area contributed by atoms with E-state index in [1.807, 2.05) is 12.1 Å². The second-order valence-corrected chi connectivity index (χ2v) is 4.44. The molecule has 0 bridgehead atoms. The molecule has 1 heterocycles. The highest BCUT2D eigenvalue weighted by atomic mass is 32.1. The van der Waals surface area contributed by atoms with Gasteiger partial charge in [-0.05, 0) is 6.07 Å². The highest BCUT2D eigenvalue weighted by Crippen LogP contribution is 2.32. The minimum Gasteiger partial charge on any atom is -0.135 e. The third-order valence-electron chi connectivity index (χ3n) is 2.40. The maximum Gasteiger partial charge on any atom is 0.113 e. The molecule has 0 nitrogen and oxygen atoms in total. The smallest absolute Gasteiger partial charge is 0.113 e. The molecule has 0 unspecified atom stereocenters. The predicted octanol–water partition coefficient (Wildman–Crippen LogP) is 2.85. The van der Waals surface area contributed by atoms with Crippen molar-refractivity contribution in [3.63, 3.8) is 0 Å². The minimum absolute atomic E-state index is 0.837. The Morgan fingerprint density at radius 2 is 1.64 bits per heavy atom. The van der Waals surface area contributed by atoms with Crippen molar-refractivity contribution in [2.24, 2.45) is 0 Å². The van der Waals surface area contributed by atoms with E-state index in [-0.39, 0.29) is 0 Å². The summed E-state index contributed by atoms with van der Waals surface area (Å²) in [6.07, 6.45) is 0. The molecule has 0 aliphatic rings. The number of fused-ring (bicyclic) bond motifs is 3. The van der Waals surface area contributed by atoms with Crippen LogP contribution in [0.3, 0.4) is 0 Å². The highest BCUT2D eigenvalue weighted by molar-refractivity contribution is 7.25. The van der Waals surface area contributed by atoms with Crippen LogP contribution in [0.25, 0.3) is 20.2 Å². The summed E-state index contributed by atoms with van der Waals surface area (Å²) in [5.74, 6) is 0. The quantitative estimate of drug-likeness (QED) is 0.482. The van der Waals surface area contributed by atoms with E-state index in [0.717, 1.165) is 5.46 Å². The lowest BCUT2D eigenvalue weighted by molar-refractivity contribution is 1.86. The fourth-order valence-corrected chi connectivity index (χ4v) is 2.90. The van der Waals surface area contributed by atoms with Gasteiger partial charge in [-0.1, -0.05) is 41.9 Å². The molecule has 3 aromatic rings. The van der Waals surface area contributed by atoms with E-state index in [1.165, 1.54) is 20.2 Å². The highest BCUT2D eigenvalue weighted by Gasteiger charge is 2.02. The average Bonchev–Trinajstić information content (AvgIpc) is 2.54. The summed E-state index contributed by atoms with van der Waals surface area (Å²) >= 11 is 1.80. The van der Waals surface area contributed by atoms with Crippen molar-refractivity contribution in [1.29, 1.82) is 0 Å². The maximum absolute atomic E-state index is 5.75. The zero-order valence-electron chi connectivity index (χ0n) is 7.53. The van der Waals surface area contributed by atoms with Gasteiger partial charge in [0.1, 0.15) is 7.85 Å². The zero-order chi connectivity index (χ0) is 9.54. The molecule has 14 heavy (non-hydrogen) atoms. The minimum atomic E-state index is 0.837. The molecule has 0 saturated carbocycles. The molecule has 0 aliphatic heterocycles. The van der Waals surface area contributed by atoms with Crippen LogP contribution < -0.4 is 5.46 Å². The van der Waals surface area contributed by atoms with Gasteiger partial charge in [-0.15, -0.1) is 11.3 Å². The summed E-state index contributed by atoms with van der Waals surface area (Å²) in [6.45, 7) is 0. The second-order valence-electron chi connectivity index (χ2n) is 3.35. The summed E-state index contributed by atoms with van der Waals surface area (Å²) in [5.41, 5.74) is 0.837. The van der Waals surface area contributed by atoms with Gasteiger partial charge >= 0.3 is 0 Å². The third-order valence-corrected chi connectivity index (χ3v) is 3.54. The maximum atomic E-state index is 5.75. The largest absolute Gasteiger partial charge is 0.135 e. The van der Waals surface area contributed by atoms with E-state index >= 15 is 0 Å². The topological polar surface area (TPSA) is 0 Å². The molecule has 1 aromatic heterocycles. The average molecular weight is 194 g/mol. The summed E-state index contributed by atoms with van der Waals surface area (Å²) < 4.78 is 2.60. The first-order valence-corrected chi connectivity index (χ1v) is 5.33.